The van der Waals surface area contributed by atoms with E-state index >= 15 is 0 Å². The molecule has 0 aliphatic rings. The number of ether oxygens (including phenoxy) is 7. The summed E-state index contributed by atoms with van der Waals surface area (Å²) in [6.07, 6.45) is 8.96. The van der Waals surface area contributed by atoms with Gasteiger partial charge in [0.1, 0.15) is 48.3 Å². The molecule has 15 rings (SSSR count). The minimum absolute atomic E-state index is 0.0136. The van der Waals surface area contributed by atoms with Crippen LogP contribution in [0.4, 0.5) is 36.2 Å². The fourth-order valence-electron chi connectivity index (χ4n) is 15.1. The molecular weight excluding hydrogens is 1860 g/mol. The van der Waals surface area contributed by atoms with E-state index in [2.05, 4.69) is 80.4 Å². The number of pyridine rings is 3. The Labute approximate surface area is 836 Å². The van der Waals surface area contributed by atoms with Crippen LogP contribution in [-0.2, 0) is 59.9 Å². The van der Waals surface area contributed by atoms with Crippen LogP contribution in [0.25, 0.3) is 88.3 Å². The Bertz CT molecular complexity index is 7360. The van der Waals surface area contributed by atoms with E-state index in [1.807, 2.05) is 192 Å². The van der Waals surface area contributed by atoms with Crippen molar-refractivity contribution in [3.63, 3.8) is 0 Å². The van der Waals surface area contributed by atoms with E-state index < -0.39 is 75.4 Å². The third kappa shape index (κ3) is 30.7. The molecule has 0 radical (unpaired) electrons. The van der Waals surface area contributed by atoms with Gasteiger partial charge in [-0.15, -0.1) is 0 Å². The van der Waals surface area contributed by atoms with Crippen LogP contribution in [0.1, 0.15) is 127 Å². The quantitative estimate of drug-likeness (QED) is 0.0152. The van der Waals surface area contributed by atoms with Crippen molar-refractivity contribution in [2.45, 2.75) is 244 Å². The molecule has 0 aliphatic heterocycles. The summed E-state index contributed by atoms with van der Waals surface area (Å²) in [5.74, 6) is -0.0728. The highest BCUT2D eigenvalue weighted by atomic mass is 28.3. The van der Waals surface area contributed by atoms with E-state index in [0.717, 1.165) is 78.4 Å². The van der Waals surface area contributed by atoms with Crippen LogP contribution < -0.4 is 27.7 Å². The number of H-pyrrole nitrogens is 1. The Hall–Kier alpha value is -14.0. The summed E-state index contributed by atoms with van der Waals surface area (Å²) in [5.41, 5.74) is 15.0. The second-order valence-corrected chi connectivity index (χ2v) is 60.5. The van der Waals surface area contributed by atoms with Crippen LogP contribution in [0.15, 0.2) is 222 Å². The number of carbonyl (C=O) groups excluding carboxylic acids is 5. The molecule has 9 aromatic heterocycles. The van der Waals surface area contributed by atoms with E-state index in [9.17, 15) is 48.5 Å². The first kappa shape index (κ1) is 109. The lowest BCUT2D eigenvalue weighted by molar-refractivity contribution is -0.385. The van der Waals surface area contributed by atoms with Crippen molar-refractivity contribution in [2.75, 3.05) is 30.9 Å². The number of nitrogens with two attached hydrogens (primary N) is 1. The SMILES string of the molecule is Cc1ccc(Cn2cc(C(=O)Nc3cc(-c4cc5cc(C)ccc5n4C(=O)OC(C)(C)C)c(=O)n(COCC[Si](C)(C)C)c3)cn2)cc1.Cc1ccc2c(c1)cc(-c1cc(N)cn(COCC[Si](C)(C)C)c1=O)n2C(=O)OC(C)(C)C.Cc1ccc2c(c1)cc(-c1cc([N+](=O)[O-])cn(COCC[Si](C)(C)C)c1=O)n2C(=O)OC(C)(C)C.Cc1ccc2c(ccn2C(=O)OC(C)(C)C)c1.Oc1ccc2[nH]ccc2c1. The van der Waals surface area contributed by atoms with Crippen molar-refractivity contribution in [3.8, 4) is 39.5 Å². The molecule has 0 fully saturated rings. The molecule has 15 aromatic rings. The second-order valence-electron chi connectivity index (χ2n) is 43.6. The highest BCUT2D eigenvalue weighted by Gasteiger charge is 2.32. The molecule has 0 spiro atoms. The van der Waals surface area contributed by atoms with Gasteiger partial charge in [0.05, 0.1) is 91.0 Å². The van der Waals surface area contributed by atoms with Gasteiger partial charge in [-0.1, -0.05) is 135 Å². The minimum Gasteiger partial charge on any atom is -0.508 e. The average molecular weight is 2000 g/mol. The number of hydrogen-bond donors (Lipinski definition) is 4. The summed E-state index contributed by atoms with van der Waals surface area (Å²) in [4.78, 5) is 121. The fraction of sp³-hybridized carbons (Fsp3) is 0.367. The predicted molar refractivity (Wildman–Crippen MR) is 576 cm³/mol. The smallest absolute Gasteiger partial charge is 0.419 e. The highest BCUT2D eigenvalue weighted by molar-refractivity contribution is 6.76. The van der Waals surface area contributed by atoms with E-state index in [1.165, 1.54) is 57.0 Å². The molecule has 34 heteroatoms. The number of nitrogens with zero attached hydrogens (tertiary/aromatic N) is 10. The summed E-state index contributed by atoms with van der Waals surface area (Å²) >= 11 is 0. The molecule has 0 saturated heterocycles. The standard InChI is InChI=1S/C37H45N5O5Si.C25H33N3O6Si.C25H35N3O4Si.C14H17NO2.C8H7NO/c1-25-9-12-27(13-10-25)21-41-22-29(20-38-41)34(43)39-30-19-31(35(44)40(23-30)24-46-15-16-48(6,7)8)33-18-28-17-26(2)11-14-32(28)42(33)36(45)47-37(3,4)5;1-17-8-9-21-18(12-17)13-22(27(21)24(30)34-25(2,3)4)20-14-19(28(31)32)15-26(23(20)29)16-33-10-11-35(5,6)7;1-17-8-9-21-18(12-17)13-22(28(21)24(30)32-25(2,3)4)20-14-19(26)15-27(23(20)29)16-31-10-11-33(5,6)7;1-10-5-6-12-11(9-10)7-8-15(12)13(16)17-14(2,3)4;10-7-1-2-8-6(5-7)3-4-9-8/h9-14,17-20,22-23H,15-16,21,24H2,1-8H3,(H,39,43);8-9,12-15H,10-11,16H2,1-7H3;8-9,12-15H,10-11,16,26H2,1-7H3;5-9H,1-4H3;1-5,9-10H. The Morgan fingerprint density at radius 3 is 1.26 bits per heavy atom. The summed E-state index contributed by atoms with van der Waals surface area (Å²) < 4.78 is 51.3. The molecule has 31 nitrogen and oxygen atoms in total. The number of fused-ring (bicyclic) bond motifs is 5. The lowest BCUT2D eigenvalue weighted by atomic mass is 10.1. The van der Waals surface area contributed by atoms with Gasteiger partial charge in [-0.2, -0.15) is 5.10 Å². The number of aryl methyl sites for hydroxylation is 5. The summed E-state index contributed by atoms with van der Waals surface area (Å²) in [5, 5.41) is 32.5. The first-order chi connectivity index (χ1) is 66.7. The zero-order chi connectivity index (χ0) is 105. The van der Waals surface area contributed by atoms with E-state index in [-0.39, 0.29) is 65.8 Å². The normalized spacial score (nSPS) is 12.0. The first-order valence-corrected chi connectivity index (χ1v) is 58.7. The summed E-state index contributed by atoms with van der Waals surface area (Å²) in [6, 6.07) is 52.8. The summed E-state index contributed by atoms with van der Waals surface area (Å²) in [7, 11) is -3.94. The molecule has 0 aliphatic carbocycles. The van der Waals surface area contributed by atoms with E-state index in [1.54, 1.807) is 118 Å². The Morgan fingerprint density at radius 2 is 0.832 bits per heavy atom. The number of nitrogens with one attached hydrogen (secondary N) is 2. The number of hydrogen-bond acceptors (Lipinski definition) is 20. The molecule has 0 bridgehead atoms. The fourth-order valence-corrected chi connectivity index (χ4v) is 17.4. The molecule has 0 saturated carbocycles. The largest absolute Gasteiger partial charge is 0.508 e. The Balaban J connectivity index is 0.000000183. The number of nitrogen functional groups attached to an aromatic ring is 1. The van der Waals surface area contributed by atoms with Crippen LogP contribution in [0.5, 0.6) is 5.75 Å². The zero-order valence-corrected chi connectivity index (χ0v) is 90.1. The van der Waals surface area contributed by atoms with Gasteiger partial charge in [0, 0.05) is 119 Å². The van der Waals surface area contributed by atoms with Crippen molar-refractivity contribution in [2.24, 2.45) is 0 Å². The Morgan fingerprint density at radius 1 is 0.441 bits per heavy atom. The van der Waals surface area contributed by atoms with Gasteiger partial charge in [0.25, 0.3) is 28.3 Å². The van der Waals surface area contributed by atoms with E-state index in [4.69, 9.17) is 44.0 Å². The van der Waals surface area contributed by atoms with Gasteiger partial charge >= 0.3 is 24.4 Å². The number of rotatable bonds is 23. The maximum absolute atomic E-state index is 14.1. The number of benzene rings is 6. The van der Waals surface area contributed by atoms with Crippen molar-refractivity contribution in [1.29, 1.82) is 0 Å². The molecule has 0 unspecified atom stereocenters. The number of phenolic OH excluding ortho intramolecular Hbond substituents is 1. The minimum atomic E-state index is -1.36. The van der Waals surface area contributed by atoms with Gasteiger partial charge in [-0.25, -0.2) is 32.9 Å². The molecule has 0 atom stereocenters. The number of carbonyl (C=O) groups is 5. The molecule has 1 amide bonds. The lowest BCUT2D eigenvalue weighted by Gasteiger charge is -2.21. The monoisotopic (exact) mass is 2000 g/mol. The maximum atomic E-state index is 14.1. The molecule has 758 valence electrons. The Kier molecular flexibility index (Phi) is 34.5. The third-order valence-electron chi connectivity index (χ3n) is 22.2. The first-order valence-electron chi connectivity index (χ1n) is 47.6. The number of anilines is 2. The van der Waals surface area contributed by atoms with Gasteiger partial charge in [0.15, 0.2) is 0 Å². The van der Waals surface area contributed by atoms with Crippen molar-refractivity contribution < 1.29 is 67.2 Å². The number of aromatic amines is 1. The van der Waals surface area contributed by atoms with Gasteiger partial charge < -0.3 is 54.3 Å². The number of nitro groups is 1. The maximum Gasteiger partial charge on any atom is 0.419 e. The van der Waals surface area contributed by atoms with Crippen molar-refractivity contribution in [3.05, 3.63) is 287 Å². The number of amides is 1. The van der Waals surface area contributed by atoms with Crippen LogP contribution in [0, 0.1) is 44.7 Å². The number of aromatic nitrogens is 10. The van der Waals surface area contributed by atoms with Crippen molar-refractivity contribution >= 4 is 126 Å². The van der Waals surface area contributed by atoms with Gasteiger partial charge in [-0.3, -0.25) is 52.2 Å². The average Bonchev–Trinajstić information content (AvgIpc) is 1.62. The topological polar surface area (TPSA) is 371 Å². The van der Waals surface area contributed by atoms with E-state index in [0.29, 0.717) is 82.6 Å². The number of aromatic hydroxyl groups is 1. The summed E-state index contributed by atoms with van der Waals surface area (Å²) in [6.45, 7) is 53.9. The van der Waals surface area contributed by atoms with Crippen LogP contribution in [0.3, 0.4) is 0 Å². The molecule has 6 aromatic carbocycles. The van der Waals surface area contributed by atoms with Crippen LogP contribution >= 0.6 is 0 Å². The zero-order valence-electron chi connectivity index (χ0n) is 87.1. The van der Waals surface area contributed by atoms with Crippen molar-refractivity contribution in [1.82, 2.24) is 46.7 Å². The highest BCUT2D eigenvalue weighted by Crippen LogP contribution is 2.36. The van der Waals surface area contributed by atoms with Crippen LogP contribution in [0.2, 0.25) is 77.1 Å². The number of phenols is 1. The lowest BCUT2D eigenvalue weighted by Crippen LogP contribution is -2.29. The second kappa shape index (κ2) is 45.1. The van der Waals surface area contributed by atoms with Gasteiger partial charge in [0.2, 0.25) is 0 Å². The molecule has 143 heavy (non-hydrogen) atoms. The molecule has 5 N–H and O–H groups in total. The molecular formula is C109H137N13O18Si3. The van der Waals surface area contributed by atoms with Crippen LogP contribution in [-0.4, -0.2) is 153 Å². The van der Waals surface area contributed by atoms with Gasteiger partial charge in [-0.05, 0) is 251 Å². The predicted octanol–water partition coefficient (Wildman–Crippen LogP) is 24.5. The molecule has 9 heterocycles. The third-order valence-corrected chi connectivity index (χ3v) is 27.3.